The van der Waals surface area contributed by atoms with Gasteiger partial charge in [-0.15, -0.1) is 10.2 Å². The summed E-state index contributed by atoms with van der Waals surface area (Å²) in [6.45, 7) is 7.12. The summed E-state index contributed by atoms with van der Waals surface area (Å²) in [4.78, 5) is 14.2. The Kier molecular flexibility index (Phi) is 5.92. The predicted octanol–water partition coefficient (Wildman–Crippen LogP) is 1.94. The van der Waals surface area contributed by atoms with E-state index in [0.717, 1.165) is 45.5 Å². The van der Waals surface area contributed by atoms with Gasteiger partial charge >= 0.3 is 0 Å². The van der Waals surface area contributed by atoms with Crippen molar-refractivity contribution >= 4 is 11.7 Å². The third-order valence-corrected chi connectivity index (χ3v) is 3.57. The molecular weight excluding hydrogens is 268 g/mol. The summed E-state index contributed by atoms with van der Waals surface area (Å²) in [7, 11) is 0. The molecule has 1 aliphatic heterocycles. The van der Waals surface area contributed by atoms with Crippen LogP contribution in [0.15, 0.2) is 12.1 Å². The molecule has 0 unspecified atom stereocenters. The Morgan fingerprint density at radius 1 is 1.33 bits per heavy atom. The minimum Gasteiger partial charge on any atom is -0.378 e. The van der Waals surface area contributed by atoms with Crippen molar-refractivity contribution in [2.75, 3.05) is 31.6 Å². The van der Waals surface area contributed by atoms with Crippen LogP contribution in [0.1, 0.15) is 43.6 Å². The van der Waals surface area contributed by atoms with Gasteiger partial charge in [-0.05, 0) is 38.3 Å². The lowest BCUT2D eigenvalue weighted by molar-refractivity contribution is 0.0144. The number of amides is 1. The molecule has 2 rings (SSSR count). The number of hydrogen-bond acceptors (Lipinski definition) is 5. The van der Waals surface area contributed by atoms with Gasteiger partial charge in [0.1, 0.15) is 5.82 Å². The van der Waals surface area contributed by atoms with Crippen LogP contribution in [0.5, 0.6) is 0 Å². The number of likely N-dealkylation sites (tertiary alicyclic amines) is 1. The van der Waals surface area contributed by atoms with Crippen LogP contribution in [0.4, 0.5) is 5.82 Å². The molecule has 2 heterocycles. The van der Waals surface area contributed by atoms with Gasteiger partial charge in [0.2, 0.25) is 0 Å². The first-order chi connectivity index (χ1) is 10.2. The second-order valence-electron chi connectivity index (χ2n) is 5.18. The van der Waals surface area contributed by atoms with Crippen LogP contribution in [0.25, 0.3) is 0 Å². The number of aromatic nitrogens is 2. The largest absolute Gasteiger partial charge is 0.378 e. The lowest BCUT2D eigenvalue weighted by Crippen LogP contribution is -2.41. The number of rotatable bonds is 6. The van der Waals surface area contributed by atoms with Gasteiger partial charge in [-0.3, -0.25) is 4.79 Å². The summed E-state index contributed by atoms with van der Waals surface area (Å²) >= 11 is 0. The molecule has 1 aliphatic rings. The van der Waals surface area contributed by atoms with Gasteiger partial charge in [0.15, 0.2) is 5.69 Å². The topological polar surface area (TPSA) is 67.4 Å². The Labute approximate surface area is 125 Å². The van der Waals surface area contributed by atoms with Crippen molar-refractivity contribution in [2.45, 2.75) is 39.2 Å². The molecule has 0 aromatic carbocycles. The predicted molar refractivity (Wildman–Crippen MR) is 81.4 cm³/mol. The van der Waals surface area contributed by atoms with Crippen molar-refractivity contribution < 1.29 is 9.53 Å². The number of hydrogen-bond donors (Lipinski definition) is 1. The number of piperidine rings is 1. The van der Waals surface area contributed by atoms with Crippen LogP contribution >= 0.6 is 0 Å². The smallest absolute Gasteiger partial charge is 0.274 e. The fraction of sp³-hybridized carbons (Fsp3) is 0.667. The zero-order valence-electron chi connectivity index (χ0n) is 12.8. The van der Waals surface area contributed by atoms with Crippen LogP contribution in [0, 0.1) is 0 Å². The van der Waals surface area contributed by atoms with Crippen LogP contribution in [0.3, 0.4) is 0 Å². The highest BCUT2D eigenvalue weighted by Gasteiger charge is 2.24. The molecule has 1 saturated heterocycles. The van der Waals surface area contributed by atoms with Crippen molar-refractivity contribution in [1.82, 2.24) is 15.1 Å². The Morgan fingerprint density at radius 2 is 2.10 bits per heavy atom. The third kappa shape index (κ3) is 4.39. The number of nitrogens with one attached hydrogen (secondary N) is 1. The molecular formula is C15H24N4O2. The molecule has 1 N–H and O–H groups in total. The molecule has 0 atom stereocenters. The van der Waals surface area contributed by atoms with Crippen LogP contribution < -0.4 is 5.32 Å². The summed E-state index contributed by atoms with van der Waals surface area (Å²) in [5, 5.41) is 11.2. The van der Waals surface area contributed by atoms with Crippen molar-refractivity contribution in [3.8, 4) is 0 Å². The standard InChI is InChI=1S/C15H24N4O2/c1-3-9-16-14-6-5-13(17-18-14)15(20)19-10-7-12(8-11-19)21-4-2/h5-6,12H,3-4,7-11H2,1-2H3,(H,16,18). The molecule has 0 saturated carbocycles. The van der Waals surface area contributed by atoms with Gasteiger partial charge in [-0.2, -0.15) is 0 Å². The third-order valence-electron chi connectivity index (χ3n) is 3.57. The summed E-state index contributed by atoms with van der Waals surface area (Å²) < 4.78 is 5.60. The Bertz CT molecular complexity index is 441. The number of ether oxygens (including phenoxy) is 1. The summed E-state index contributed by atoms with van der Waals surface area (Å²) in [6.07, 6.45) is 3.09. The minimum atomic E-state index is -0.0421. The first-order valence-corrected chi connectivity index (χ1v) is 7.73. The van der Waals surface area contributed by atoms with E-state index in [1.165, 1.54) is 0 Å². The van der Waals surface area contributed by atoms with Crippen LogP contribution in [-0.2, 0) is 4.74 Å². The lowest BCUT2D eigenvalue weighted by Gasteiger charge is -2.31. The molecule has 1 amide bonds. The summed E-state index contributed by atoms with van der Waals surface area (Å²) in [5.74, 6) is 0.669. The van der Waals surface area contributed by atoms with Gasteiger partial charge in [0.25, 0.3) is 5.91 Å². The molecule has 1 aromatic rings. The van der Waals surface area contributed by atoms with E-state index in [4.69, 9.17) is 4.74 Å². The highest BCUT2D eigenvalue weighted by Crippen LogP contribution is 2.15. The molecule has 1 fully saturated rings. The van der Waals surface area contributed by atoms with E-state index in [1.807, 2.05) is 17.9 Å². The van der Waals surface area contributed by atoms with Crippen molar-refractivity contribution in [3.05, 3.63) is 17.8 Å². The maximum Gasteiger partial charge on any atom is 0.274 e. The maximum atomic E-state index is 12.4. The van der Waals surface area contributed by atoms with Crippen LogP contribution in [0.2, 0.25) is 0 Å². The van der Waals surface area contributed by atoms with E-state index in [0.29, 0.717) is 11.5 Å². The first-order valence-electron chi connectivity index (χ1n) is 7.73. The summed E-state index contributed by atoms with van der Waals surface area (Å²) in [5.41, 5.74) is 0.409. The lowest BCUT2D eigenvalue weighted by atomic mass is 10.1. The molecule has 116 valence electrons. The van der Waals surface area contributed by atoms with Gasteiger partial charge in [-0.25, -0.2) is 0 Å². The van der Waals surface area contributed by atoms with Crippen molar-refractivity contribution in [3.63, 3.8) is 0 Å². The van der Waals surface area contributed by atoms with Gasteiger partial charge < -0.3 is 15.0 Å². The second-order valence-corrected chi connectivity index (χ2v) is 5.18. The van der Waals surface area contributed by atoms with E-state index in [9.17, 15) is 4.79 Å². The molecule has 0 spiro atoms. The number of carbonyl (C=O) groups is 1. The molecule has 21 heavy (non-hydrogen) atoms. The fourth-order valence-electron chi connectivity index (χ4n) is 2.42. The fourth-order valence-corrected chi connectivity index (χ4v) is 2.42. The number of nitrogens with zero attached hydrogens (tertiary/aromatic N) is 3. The first kappa shape index (κ1) is 15.7. The SMILES string of the molecule is CCCNc1ccc(C(=O)N2CCC(OCC)CC2)nn1. The van der Waals surface area contributed by atoms with Crippen molar-refractivity contribution in [2.24, 2.45) is 0 Å². The molecule has 0 aliphatic carbocycles. The quantitative estimate of drug-likeness (QED) is 0.868. The Hall–Kier alpha value is -1.69. The minimum absolute atomic E-state index is 0.0421. The Morgan fingerprint density at radius 3 is 2.67 bits per heavy atom. The van der Waals surface area contributed by atoms with Crippen LogP contribution in [-0.4, -0.2) is 53.3 Å². The molecule has 6 heteroatoms. The van der Waals surface area contributed by atoms with E-state index < -0.39 is 0 Å². The van der Waals surface area contributed by atoms with E-state index >= 15 is 0 Å². The zero-order chi connectivity index (χ0) is 15.1. The number of carbonyl (C=O) groups excluding carboxylic acids is 1. The second kappa shape index (κ2) is 7.93. The molecule has 0 bridgehead atoms. The average molecular weight is 292 g/mol. The highest BCUT2D eigenvalue weighted by atomic mass is 16.5. The summed E-state index contributed by atoms with van der Waals surface area (Å²) in [6, 6.07) is 3.55. The average Bonchev–Trinajstić information content (AvgIpc) is 2.54. The zero-order valence-corrected chi connectivity index (χ0v) is 12.8. The molecule has 1 aromatic heterocycles. The van der Waals surface area contributed by atoms with E-state index in [2.05, 4.69) is 22.4 Å². The highest BCUT2D eigenvalue weighted by molar-refractivity contribution is 5.92. The van der Waals surface area contributed by atoms with E-state index in [1.54, 1.807) is 6.07 Å². The normalized spacial score (nSPS) is 16.0. The molecule has 0 radical (unpaired) electrons. The van der Waals surface area contributed by atoms with E-state index in [-0.39, 0.29) is 12.0 Å². The maximum absolute atomic E-state index is 12.4. The van der Waals surface area contributed by atoms with Gasteiger partial charge in [0.05, 0.1) is 6.10 Å². The Balaban J connectivity index is 1.88. The van der Waals surface area contributed by atoms with Crippen molar-refractivity contribution in [1.29, 1.82) is 0 Å². The number of anilines is 1. The monoisotopic (exact) mass is 292 g/mol. The molecule has 6 nitrogen and oxygen atoms in total. The van der Waals surface area contributed by atoms with Gasteiger partial charge in [0, 0.05) is 26.2 Å². The van der Waals surface area contributed by atoms with Gasteiger partial charge in [-0.1, -0.05) is 6.92 Å².